The Labute approximate surface area is 156 Å². The Hall–Kier alpha value is -2.15. The van der Waals surface area contributed by atoms with Gasteiger partial charge in [0.25, 0.3) is 0 Å². The lowest BCUT2D eigenvalue weighted by Gasteiger charge is -2.35. The molecule has 3 heterocycles. The number of hydrogen-bond acceptors (Lipinski definition) is 6. The predicted molar refractivity (Wildman–Crippen MR) is 106 cm³/mol. The highest BCUT2D eigenvalue weighted by Gasteiger charge is 2.23. The fraction of sp³-hybridized carbons (Fsp3) is 0.632. The summed E-state index contributed by atoms with van der Waals surface area (Å²) in [5.74, 6) is 1.82. The largest absolute Gasteiger partial charge is 0.356 e. The van der Waals surface area contributed by atoms with Gasteiger partial charge in [0.1, 0.15) is 5.82 Å². The first-order chi connectivity index (χ1) is 12.5. The Morgan fingerprint density at radius 1 is 1.27 bits per heavy atom. The van der Waals surface area contributed by atoms with E-state index in [4.69, 9.17) is 4.98 Å². The van der Waals surface area contributed by atoms with Gasteiger partial charge < -0.3 is 15.1 Å². The molecule has 1 saturated heterocycles. The third kappa shape index (κ3) is 4.33. The molecule has 0 aliphatic carbocycles. The minimum atomic E-state index is 0.377. The number of piperidine rings is 1. The van der Waals surface area contributed by atoms with Crippen molar-refractivity contribution in [2.75, 3.05) is 37.0 Å². The lowest BCUT2D eigenvalue weighted by atomic mass is 10.0. The van der Waals surface area contributed by atoms with E-state index in [1.807, 2.05) is 43.8 Å². The lowest BCUT2D eigenvalue weighted by molar-refractivity contribution is 0.363. The predicted octanol–water partition coefficient (Wildman–Crippen LogP) is 2.29. The quantitative estimate of drug-likeness (QED) is 0.856. The molecule has 0 aromatic carbocycles. The van der Waals surface area contributed by atoms with E-state index in [2.05, 4.69) is 39.5 Å². The molecule has 2 aromatic rings. The Balaban J connectivity index is 1.60. The molecule has 7 heteroatoms. The second-order valence-electron chi connectivity index (χ2n) is 7.40. The average Bonchev–Trinajstić information content (AvgIpc) is 3.06. The maximum Gasteiger partial charge on any atom is 0.226 e. The summed E-state index contributed by atoms with van der Waals surface area (Å²) in [5.41, 5.74) is 2.29. The summed E-state index contributed by atoms with van der Waals surface area (Å²) >= 11 is 0. The van der Waals surface area contributed by atoms with E-state index in [1.165, 1.54) is 5.56 Å². The van der Waals surface area contributed by atoms with Crippen LogP contribution in [0.2, 0.25) is 0 Å². The zero-order valence-electron chi connectivity index (χ0n) is 16.6. The molecule has 0 amide bonds. The van der Waals surface area contributed by atoms with Crippen molar-refractivity contribution in [1.29, 1.82) is 0 Å². The highest BCUT2D eigenvalue weighted by molar-refractivity contribution is 5.45. The fourth-order valence-electron chi connectivity index (χ4n) is 3.53. The minimum absolute atomic E-state index is 0.377. The monoisotopic (exact) mass is 357 g/mol. The SMILES string of the molecule is CC[C@@H](NC1CCN(c2cc(C)nc(N(C)C)n2)CC1)c1cnn(C)c1. The highest BCUT2D eigenvalue weighted by atomic mass is 15.3. The van der Waals surface area contributed by atoms with Crippen molar-refractivity contribution in [2.24, 2.45) is 7.05 Å². The van der Waals surface area contributed by atoms with Crippen LogP contribution in [0.4, 0.5) is 11.8 Å². The molecule has 2 aromatic heterocycles. The summed E-state index contributed by atoms with van der Waals surface area (Å²) in [6, 6.07) is 3.00. The summed E-state index contributed by atoms with van der Waals surface area (Å²) in [4.78, 5) is 13.6. The number of anilines is 2. The van der Waals surface area contributed by atoms with Crippen LogP contribution in [0.1, 0.15) is 43.5 Å². The number of rotatable bonds is 6. The van der Waals surface area contributed by atoms with Gasteiger partial charge in [-0.05, 0) is 26.2 Å². The van der Waals surface area contributed by atoms with Crippen molar-refractivity contribution in [2.45, 2.75) is 45.2 Å². The Kier molecular flexibility index (Phi) is 5.76. The minimum Gasteiger partial charge on any atom is -0.356 e. The van der Waals surface area contributed by atoms with Gasteiger partial charge in [-0.15, -0.1) is 0 Å². The van der Waals surface area contributed by atoms with E-state index in [9.17, 15) is 0 Å². The molecule has 0 saturated carbocycles. The van der Waals surface area contributed by atoms with Crippen LogP contribution in [0.25, 0.3) is 0 Å². The number of aryl methyl sites for hydroxylation is 2. The lowest BCUT2D eigenvalue weighted by Crippen LogP contribution is -2.44. The zero-order chi connectivity index (χ0) is 18.7. The molecule has 3 rings (SSSR count). The molecular formula is C19H31N7. The van der Waals surface area contributed by atoms with Crippen LogP contribution < -0.4 is 15.1 Å². The van der Waals surface area contributed by atoms with Crippen LogP contribution >= 0.6 is 0 Å². The molecule has 1 aliphatic heterocycles. The zero-order valence-corrected chi connectivity index (χ0v) is 16.6. The number of hydrogen-bond donors (Lipinski definition) is 1. The van der Waals surface area contributed by atoms with Crippen LogP contribution in [0.15, 0.2) is 18.5 Å². The smallest absolute Gasteiger partial charge is 0.226 e. The first kappa shape index (κ1) is 18.6. The van der Waals surface area contributed by atoms with Crippen molar-refractivity contribution < 1.29 is 0 Å². The Bertz CT molecular complexity index is 716. The standard InChI is InChI=1S/C19H31N7/c1-6-17(15-12-20-25(5)13-15)22-16-7-9-26(10-8-16)18-11-14(2)21-19(23-18)24(3)4/h11-13,16-17,22H,6-10H2,1-5H3/t17-/m1/s1. The van der Waals surface area contributed by atoms with Gasteiger partial charge in [-0.3, -0.25) is 4.68 Å². The van der Waals surface area contributed by atoms with Crippen molar-refractivity contribution in [3.05, 3.63) is 29.7 Å². The summed E-state index contributed by atoms with van der Waals surface area (Å²) in [5, 5.41) is 8.14. The van der Waals surface area contributed by atoms with E-state index in [0.29, 0.717) is 12.1 Å². The van der Waals surface area contributed by atoms with Crippen molar-refractivity contribution in [3.8, 4) is 0 Å². The van der Waals surface area contributed by atoms with Crippen LogP contribution in [0.5, 0.6) is 0 Å². The molecular weight excluding hydrogens is 326 g/mol. The Morgan fingerprint density at radius 3 is 2.58 bits per heavy atom. The molecule has 1 fully saturated rings. The summed E-state index contributed by atoms with van der Waals surface area (Å²) < 4.78 is 1.88. The number of nitrogens with zero attached hydrogens (tertiary/aromatic N) is 6. The fourth-order valence-corrected chi connectivity index (χ4v) is 3.53. The first-order valence-electron chi connectivity index (χ1n) is 9.48. The van der Waals surface area contributed by atoms with Gasteiger partial charge in [-0.2, -0.15) is 10.1 Å². The molecule has 0 spiro atoms. The molecule has 1 N–H and O–H groups in total. The van der Waals surface area contributed by atoms with Crippen LogP contribution in [-0.2, 0) is 7.05 Å². The van der Waals surface area contributed by atoms with Gasteiger partial charge in [0.2, 0.25) is 5.95 Å². The van der Waals surface area contributed by atoms with E-state index in [1.54, 1.807) is 0 Å². The second-order valence-corrected chi connectivity index (χ2v) is 7.40. The summed E-state index contributed by atoms with van der Waals surface area (Å²) in [7, 11) is 5.94. The van der Waals surface area contributed by atoms with E-state index in [0.717, 1.165) is 49.8 Å². The first-order valence-corrected chi connectivity index (χ1v) is 9.48. The molecule has 26 heavy (non-hydrogen) atoms. The van der Waals surface area contributed by atoms with Gasteiger partial charge in [-0.1, -0.05) is 6.92 Å². The maximum atomic E-state index is 4.72. The molecule has 0 radical (unpaired) electrons. The van der Waals surface area contributed by atoms with Crippen LogP contribution in [-0.4, -0.2) is 53.0 Å². The molecule has 7 nitrogen and oxygen atoms in total. The molecule has 1 aliphatic rings. The number of aromatic nitrogens is 4. The summed E-state index contributed by atoms with van der Waals surface area (Å²) in [6.07, 6.45) is 7.41. The average molecular weight is 358 g/mol. The summed E-state index contributed by atoms with van der Waals surface area (Å²) in [6.45, 7) is 6.30. The van der Waals surface area contributed by atoms with Gasteiger partial charge in [-0.25, -0.2) is 4.98 Å². The molecule has 1 atom stereocenters. The normalized spacial score (nSPS) is 16.7. The van der Waals surface area contributed by atoms with Crippen molar-refractivity contribution in [1.82, 2.24) is 25.1 Å². The highest BCUT2D eigenvalue weighted by Crippen LogP contribution is 2.23. The third-order valence-corrected chi connectivity index (χ3v) is 5.02. The van der Waals surface area contributed by atoms with Crippen molar-refractivity contribution in [3.63, 3.8) is 0 Å². The van der Waals surface area contributed by atoms with E-state index < -0.39 is 0 Å². The topological polar surface area (TPSA) is 62.1 Å². The van der Waals surface area contributed by atoms with Crippen LogP contribution in [0, 0.1) is 6.92 Å². The third-order valence-electron chi connectivity index (χ3n) is 5.02. The van der Waals surface area contributed by atoms with Crippen LogP contribution in [0.3, 0.4) is 0 Å². The van der Waals surface area contributed by atoms with Gasteiger partial charge in [0, 0.05) is 69.8 Å². The van der Waals surface area contributed by atoms with Gasteiger partial charge in [0.05, 0.1) is 6.20 Å². The Morgan fingerprint density at radius 2 is 2.00 bits per heavy atom. The van der Waals surface area contributed by atoms with Gasteiger partial charge in [0.15, 0.2) is 0 Å². The number of nitrogens with one attached hydrogen (secondary N) is 1. The molecule has 0 unspecified atom stereocenters. The maximum absolute atomic E-state index is 4.72. The molecule has 0 bridgehead atoms. The van der Waals surface area contributed by atoms with Gasteiger partial charge >= 0.3 is 0 Å². The van der Waals surface area contributed by atoms with E-state index in [-0.39, 0.29) is 0 Å². The van der Waals surface area contributed by atoms with Crippen molar-refractivity contribution >= 4 is 11.8 Å². The van der Waals surface area contributed by atoms with E-state index >= 15 is 0 Å². The molecule has 142 valence electrons. The second kappa shape index (κ2) is 8.03.